The Balaban J connectivity index is 1.46. The summed E-state index contributed by atoms with van der Waals surface area (Å²) in [5.41, 5.74) is 1.20. The molecule has 0 spiro atoms. The van der Waals surface area contributed by atoms with E-state index >= 15 is 0 Å². The summed E-state index contributed by atoms with van der Waals surface area (Å²) in [7, 11) is 1.88. The van der Waals surface area contributed by atoms with Gasteiger partial charge in [-0.1, -0.05) is 0 Å². The van der Waals surface area contributed by atoms with Crippen LogP contribution in [0.4, 0.5) is 5.95 Å². The van der Waals surface area contributed by atoms with Crippen LogP contribution in [0.1, 0.15) is 5.56 Å². The number of likely N-dealkylation sites (N-methyl/N-ethyl adjacent to an activating group) is 1. The van der Waals surface area contributed by atoms with Crippen molar-refractivity contribution in [2.75, 3.05) is 44.7 Å². The van der Waals surface area contributed by atoms with Gasteiger partial charge in [0.1, 0.15) is 0 Å². The van der Waals surface area contributed by atoms with Gasteiger partial charge >= 0.3 is 0 Å². The zero-order valence-corrected chi connectivity index (χ0v) is 14.1. The smallest absolute Gasteiger partial charge is 0.277 e. The van der Waals surface area contributed by atoms with Gasteiger partial charge in [0.2, 0.25) is 5.95 Å². The molecule has 0 aromatic carbocycles. The van der Waals surface area contributed by atoms with Gasteiger partial charge in [-0.05, 0) is 28.5 Å². The van der Waals surface area contributed by atoms with Gasteiger partial charge in [-0.2, -0.15) is 11.3 Å². The molecule has 1 N–H and O–H groups in total. The van der Waals surface area contributed by atoms with Crippen molar-refractivity contribution in [1.29, 1.82) is 0 Å². The maximum Gasteiger partial charge on any atom is 0.277 e. The van der Waals surface area contributed by atoms with Crippen molar-refractivity contribution >= 4 is 23.2 Å². The Morgan fingerprint density at radius 3 is 2.74 bits per heavy atom. The highest BCUT2D eigenvalue weighted by Gasteiger charge is 2.24. The van der Waals surface area contributed by atoms with E-state index in [1.807, 2.05) is 23.4 Å². The molecule has 1 aliphatic heterocycles. The number of thiophene rings is 1. The Bertz CT molecular complexity index is 611. The van der Waals surface area contributed by atoms with Crippen molar-refractivity contribution in [2.24, 2.45) is 0 Å². The average Bonchev–Trinajstić information content (AvgIpc) is 3.09. The van der Waals surface area contributed by atoms with E-state index in [1.54, 1.807) is 23.7 Å². The first kappa shape index (κ1) is 15.9. The highest BCUT2D eigenvalue weighted by atomic mass is 32.1. The molecule has 122 valence electrons. The van der Waals surface area contributed by atoms with E-state index in [4.69, 9.17) is 0 Å². The first-order valence-corrected chi connectivity index (χ1v) is 8.77. The van der Waals surface area contributed by atoms with Gasteiger partial charge in [0.05, 0.1) is 26.2 Å². The molecular weight excluding hydrogens is 310 g/mol. The molecule has 0 atom stereocenters. The molecule has 2 aromatic rings. The van der Waals surface area contributed by atoms with Crippen LogP contribution < -0.4 is 9.80 Å². The Morgan fingerprint density at radius 2 is 2.09 bits per heavy atom. The summed E-state index contributed by atoms with van der Waals surface area (Å²) in [4.78, 5) is 26.3. The van der Waals surface area contributed by atoms with E-state index in [9.17, 15) is 4.79 Å². The predicted molar refractivity (Wildman–Crippen MR) is 90.6 cm³/mol. The Kier molecular flexibility index (Phi) is 5.19. The number of carbonyl (C=O) groups is 1. The number of hydrogen-bond donors (Lipinski definition) is 1. The number of carbonyl (C=O) groups excluding carboxylic acids is 1. The molecule has 0 aliphatic carbocycles. The normalized spacial score (nSPS) is 15.6. The Hall–Kier alpha value is -1.99. The fourth-order valence-corrected chi connectivity index (χ4v) is 3.41. The number of amides is 1. The molecule has 7 heteroatoms. The molecule has 0 bridgehead atoms. The van der Waals surface area contributed by atoms with Crippen LogP contribution in [-0.4, -0.2) is 60.5 Å². The van der Waals surface area contributed by atoms with Gasteiger partial charge < -0.3 is 14.7 Å². The quantitative estimate of drug-likeness (QED) is 0.831. The number of quaternary nitrogens is 1. The molecule has 1 aliphatic rings. The summed E-state index contributed by atoms with van der Waals surface area (Å²) in [6.07, 6.45) is 3.54. The van der Waals surface area contributed by atoms with Crippen molar-refractivity contribution in [3.8, 4) is 0 Å². The number of aromatic nitrogens is 2. The Morgan fingerprint density at radius 1 is 1.35 bits per heavy atom. The van der Waals surface area contributed by atoms with Crippen LogP contribution in [0, 0.1) is 0 Å². The molecule has 23 heavy (non-hydrogen) atoms. The minimum absolute atomic E-state index is 0.204. The molecule has 0 radical (unpaired) electrons. The van der Waals surface area contributed by atoms with Gasteiger partial charge in [0.15, 0.2) is 6.54 Å². The summed E-state index contributed by atoms with van der Waals surface area (Å²) < 4.78 is 0. The third-order valence-electron chi connectivity index (χ3n) is 4.13. The number of hydrogen-bond acceptors (Lipinski definition) is 5. The standard InChI is InChI=1S/C16H21N5OS/c1-19(11-14-3-10-23-13-14)15(22)12-20-6-8-21(9-7-20)16-17-4-2-5-18-16/h2-5,10,13H,6-9,11-12H2,1H3/p+1. The minimum atomic E-state index is 0.204. The fourth-order valence-electron chi connectivity index (χ4n) is 2.75. The molecule has 1 fully saturated rings. The molecule has 3 rings (SSSR count). The maximum absolute atomic E-state index is 12.4. The molecule has 1 amide bonds. The van der Waals surface area contributed by atoms with Crippen molar-refractivity contribution in [2.45, 2.75) is 6.54 Å². The topological polar surface area (TPSA) is 53.8 Å². The van der Waals surface area contributed by atoms with E-state index in [-0.39, 0.29) is 5.91 Å². The molecule has 6 nitrogen and oxygen atoms in total. The van der Waals surface area contributed by atoms with E-state index in [1.165, 1.54) is 10.5 Å². The van der Waals surface area contributed by atoms with Crippen LogP contribution in [0.5, 0.6) is 0 Å². The lowest BCUT2D eigenvalue weighted by atomic mass is 10.3. The van der Waals surface area contributed by atoms with Gasteiger partial charge in [-0.3, -0.25) is 4.79 Å². The second-order valence-corrected chi connectivity index (χ2v) is 6.62. The lowest BCUT2D eigenvalue weighted by Gasteiger charge is -2.32. The number of piperazine rings is 1. The fraction of sp³-hybridized carbons (Fsp3) is 0.438. The summed E-state index contributed by atoms with van der Waals surface area (Å²) in [6, 6.07) is 3.90. The maximum atomic E-state index is 12.4. The van der Waals surface area contributed by atoms with Crippen molar-refractivity contribution < 1.29 is 9.69 Å². The van der Waals surface area contributed by atoms with Crippen LogP contribution in [0.2, 0.25) is 0 Å². The average molecular weight is 332 g/mol. The van der Waals surface area contributed by atoms with Crippen LogP contribution in [0.15, 0.2) is 35.3 Å². The second-order valence-electron chi connectivity index (χ2n) is 5.84. The van der Waals surface area contributed by atoms with Crippen LogP contribution >= 0.6 is 11.3 Å². The van der Waals surface area contributed by atoms with Gasteiger partial charge in [0, 0.05) is 26.0 Å². The highest BCUT2D eigenvalue weighted by molar-refractivity contribution is 7.07. The second kappa shape index (κ2) is 7.52. The van der Waals surface area contributed by atoms with Crippen molar-refractivity contribution in [3.63, 3.8) is 0 Å². The third-order valence-corrected chi connectivity index (χ3v) is 4.86. The SMILES string of the molecule is CN(Cc1ccsc1)C(=O)C[NH+]1CCN(c2ncccn2)CC1. The van der Waals surface area contributed by atoms with Crippen molar-refractivity contribution in [1.82, 2.24) is 14.9 Å². The molecule has 0 unspecified atom stereocenters. The lowest BCUT2D eigenvalue weighted by Crippen LogP contribution is -3.15. The third kappa shape index (κ3) is 4.27. The zero-order chi connectivity index (χ0) is 16.1. The van der Waals surface area contributed by atoms with Crippen LogP contribution in [0.3, 0.4) is 0 Å². The monoisotopic (exact) mass is 332 g/mol. The van der Waals surface area contributed by atoms with Crippen LogP contribution in [0.25, 0.3) is 0 Å². The molecule has 2 aromatic heterocycles. The van der Waals surface area contributed by atoms with Gasteiger partial charge in [-0.25, -0.2) is 9.97 Å². The zero-order valence-electron chi connectivity index (χ0n) is 13.3. The number of nitrogens with one attached hydrogen (secondary N) is 1. The lowest BCUT2D eigenvalue weighted by molar-refractivity contribution is -0.892. The largest absolute Gasteiger partial charge is 0.337 e. The first-order chi connectivity index (χ1) is 11.2. The van der Waals surface area contributed by atoms with E-state index < -0.39 is 0 Å². The van der Waals surface area contributed by atoms with E-state index in [0.29, 0.717) is 13.1 Å². The molecule has 0 saturated carbocycles. The summed E-state index contributed by atoms with van der Waals surface area (Å²) in [5, 5.41) is 4.14. The minimum Gasteiger partial charge on any atom is -0.337 e. The van der Waals surface area contributed by atoms with Gasteiger partial charge in [0.25, 0.3) is 5.91 Å². The molecule has 1 saturated heterocycles. The highest BCUT2D eigenvalue weighted by Crippen LogP contribution is 2.08. The van der Waals surface area contributed by atoms with Crippen LogP contribution in [-0.2, 0) is 11.3 Å². The number of nitrogens with zero attached hydrogens (tertiary/aromatic N) is 4. The van der Waals surface area contributed by atoms with Gasteiger partial charge in [-0.15, -0.1) is 0 Å². The number of anilines is 1. The summed E-state index contributed by atoms with van der Waals surface area (Å²) >= 11 is 1.67. The number of rotatable bonds is 5. The summed E-state index contributed by atoms with van der Waals surface area (Å²) in [5.74, 6) is 0.989. The van der Waals surface area contributed by atoms with Crippen molar-refractivity contribution in [3.05, 3.63) is 40.8 Å². The predicted octanol–water partition coefficient (Wildman–Crippen LogP) is -0.0984. The molecule has 3 heterocycles. The van der Waals surface area contributed by atoms with E-state index in [2.05, 4.69) is 26.3 Å². The van der Waals surface area contributed by atoms with E-state index in [0.717, 1.165) is 32.1 Å². The first-order valence-electron chi connectivity index (χ1n) is 7.83. The Labute approximate surface area is 140 Å². The molecular formula is C16H22N5OS+. The summed E-state index contributed by atoms with van der Waals surface area (Å²) in [6.45, 7) is 4.91.